The molecule has 0 spiro atoms. The van der Waals surface area contributed by atoms with Gasteiger partial charge in [-0.1, -0.05) is 32.1 Å². The van der Waals surface area contributed by atoms with E-state index in [9.17, 15) is 0 Å². The largest absolute Gasteiger partial charge is 0.460 e. The van der Waals surface area contributed by atoms with Crippen molar-refractivity contribution in [2.45, 2.75) is 44.9 Å². The Balaban J connectivity index is 1.80. The minimum Gasteiger partial charge on any atom is -0.460 e. The van der Waals surface area contributed by atoms with Crippen molar-refractivity contribution in [1.29, 1.82) is 0 Å². The Labute approximate surface area is 131 Å². The van der Waals surface area contributed by atoms with Gasteiger partial charge in [-0.2, -0.15) is 0 Å². The van der Waals surface area contributed by atoms with Crippen molar-refractivity contribution in [2.75, 3.05) is 0 Å². The molecule has 112 valence electrons. The van der Waals surface area contributed by atoms with Gasteiger partial charge in [0.05, 0.1) is 11.6 Å². The van der Waals surface area contributed by atoms with E-state index in [0.29, 0.717) is 5.92 Å². The highest BCUT2D eigenvalue weighted by atomic mass is 16.3. The van der Waals surface area contributed by atoms with Gasteiger partial charge in [0.2, 0.25) is 0 Å². The van der Waals surface area contributed by atoms with E-state index in [2.05, 4.69) is 55.3 Å². The number of hydrogen-bond donors (Lipinski definition) is 0. The summed E-state index contributed by atoms with van der Waals surface area (Å²) in [5.41, 5.74) is 5.15. The fourth-order valence-corrected chi connectivity index (χ4v) is 3.47. The summed E-state index contributed by atoms with van der Waals surface area (Å²) in [5.74, 6) is 2.92. The molecule has 0 aromatic carbocycles. The molecule has 2 aliphatic rings. The minimum absolute atomic E-state index is 0.248. The van der Waals surface area contributed by atoms with Crippen molar-refractivity contribution < 1.29 is 4.42 Å². The van der Waals surface area contributed by atoms with Crippen LogP contribution >= 0.6 is 0 Å². The van der Waals surface area contributed by atoms with Crippen LogP contribution in [0.1, 0.15) is 72.4 Å². The molecule has 2 heteroatoms. The van der Waals surface area contributed by atoms with E-state index < -0.39 is 0 Å². The molecule has 2 heterocycles. The molecule has 2 aromatic heterocycles. The first kappa shape index (κ1) is 13.6. The van der Waals surface area contributed by atoms with Gasteiger partial charge in [0.1, 0.15) is 11.5 Å². The molecule has 2 nitrogen and oxygen atoms in total. The van der Waals surface area contributed by atoms with Crippen molar-refractivity contribution in [2.24, 2.45) is 0 Å². The minimum atomic E-state index is 0.248. The summed E-state index contributed by atoms with van der Waals surface area (Å²) in [6, 6.07) is 4.36. The smallest absolute Gasteiger partial charge is 0.130 e. The maximum absolute atomic E-state index is 6.22. The highest BCUT2D eigenvalue weighted by molar-refractivity contribution is 5.67. The third-order valence-corrected chi connectivity index (χ3v) is 4.74. The molecule has 0 fully saturated rings. The van der Waals surface area contributed by atoms with Gasteiger partial charge in [-0.05, 0) is 49.0 Å². The van der Waals surface area contributed by atoms with Gasteiger partial charge in [0.25, 0.3) is 0 Å². The maximum atomic E-state index is 6.22. The Morgan fingerprint density at radius 3 is 3.00 bits per heavy atom. The second kappa shape index (κ2) is 5.28. The average Bonchev–Trinajstić information content (AvgIpc) is 2.93. The molecule has 1 unspecified atom stereocenters. The lowest BCUT2D eigenvalue weighted by Crippen LogP contribution is -2.07. The molecule has 1 atom stereocenters. The summed E-state index contributed by atoms with van der Waals surface area (Å²) in [6.07, 6.45) is 13.9. The molecular weight excluding hydrogens is 270 g/mol. The molecule has 4 rings (SSSR count). The van der Waals surface area contributed by atoms with Gasteiger partial charge >= 0.3 is 0 Å². The normalized spacial score (nSPS) is 19.3. The van der Waals surface area contributed by atoms with Crippen molar-refractivity contribution >= 4 is 12.2 Å². The van der Waals surface area contributed by atoms with Crippen LogP contribution in [0, 0.1) is 0 Å². The Morgan fingerprint density at radius 1 is 1.23 bits per heavy atom. The van der Waals surface area contributed by atoms with Crippen molar-refractivity contribution in [3.8, 4) is 0 Å². The first-order valence-electron chi connectivity index (χ1n) is 8.18. The van der Waals surface area contributed by atoms with Crippen LogP contribution in [0.15, 0.2) is 34.9 Å². The van der Waals surface area contributed by atoms with E-state index in [1.165, 1.54) is 16.7 Å². The molecule has 2 aromatic rings. The van der Waals surface area contributed by atoms with Gasteiger partial charge in [0.15, 0.2) is 0 Å². The number of rotatable bonds is 2. The van der Waals surface area contributed by atoms with Crippen LogP contribution in [0.2, 0.25) is 0 Å². The average molecular weight is 291 g/mol. The number of nitrogens with zero attached hydrogens (tertiary/aromatic N) is 1. The fourth-order valence-electron chi connectivity index (χ4n) is 3.47. The lowest BCUT2D eigenvalue weighted by atomic mass is 9.86. The summed E-state index contributed by atoms with van der Waals surface area (Å²) in [5, 5.41) is 0. The first-order chi connectivity index (χ1) is 10.7. The Morgan fingerprint density at radius 2 is 2.14 bits per heavy atom. The molecule has 0 N–H and O–H groups in total. The lowest BCUT2D eigenvalue weighted by molar-refractivity contribution is 0.470. The quantitative estimate of drug-likeness (QED) is 0.749. The molecule has 2 aliphatic carbocycles. The number of hydrogen-bond acceptors (Lipinski definition) is 2. The maximum Gasteiger partial charge on any atom is 0.130 e. The SMILES string of the molecule is CC(C)c1ccnc(C2CC=Cc3c2oc2c3CCC=C2)c1. The molecule has 22 heavy (non-hydrogen) atoms. The number of allylic oxidation sites excluding steroid dienone is 2. The van der Waals surface area contributed by atoms with Crippen molar-refractivity contribution in [1.82, 2.24) is 4.98 Å². The van der Waals surface area contributed by atoms with E-state index >= 15 is 0 Å². The predicted octanol–water partition coefficient (Wildman–Crippen LogP) is 5.31. The molecule has 0 saturated heterocycles. The van der Waals surface area contributed by atoms with E-state index in [0.717, 1.165) is 36.5 Å². The number of fused-ring (bicyclic) bond motifs is 3. The van der Waals surface area contributed by atoms with E-state index in [1.807, 2.05) is 6.20 Å². The lowest BCUT2D eigenvalue weighted by Gasteiger charge is -2.18. The summed E-state index contributed by atoms with van der Waals surface area (Å²) in [4.78, 5) is 4.64. The van der Waals surface area contributed by atoms with Crippen LogP contribution in [0.4, 0.5) is 0 Å². The number of furan rings is 1. The Kier molecular flexibility index (Phi) is 3.25. The zero-order valence-electron chi connectivity index (χ0n) is 13.2. The fraction of sp³-hybridized carbons (Fsp3) is 0.350. The molecular formula is C20H21NO. The number of pyridine rings is 1. The monoisotopic (exact) mass is 291 g/mol. The first-order valence-corrected chi connectivity index (χ1v) is 8.18. The van der Waals surface area contributed by atoms with E-state index in [4.69, 9.17) is 4.42 Å². The molecule has 0 bridgehead atoms. The Bertz CT molecular complexity index is 764. The summed E-state index contributed by atoms with van der Waals surface area (Å²) in [7, 11) is 0. The van der Waals surface area contributed by atoms with Crippen LogP contribution in [0.5, 0.6) is 0 Å². The van der Waals surface area contributed by atoms with Crippen molar-refractivity contribution in [3.63, 3.8) is 0 Å². The van der Waals surface area contributed by atoms with Gasteiger partial charge in [0, 0.05) is 17.3 Å². The van der Waals surface area contributed by atoms with Gasteiger partial charge in [-0.3, -0.25) is 4.98 Å². The molecule has 0 aliphatic heterocycles. The van der Waals surface area contributed by atoms with Gasteiger partial charge in [-0.15, -0.1) is 0 Å². The molecule has 0 amide bonds. The Hall–Kier alpha value is -2.09. The number of aromatic nitrogens is 1. The van der Waals surface area contributed by atoms with Crippen LogP contribution in [-0.2, 0) is 6.42 Å². The highest BCUT2D eigenvalue weighted by Crippen LogP contribution is 2.41. The zero-order chi connectivity index (χ0) is 15.1. The standard InChI is InChI=1S/C20H21NO/c1-13(2)14-10-11-21-18(12-14)17-8-5-7-16-15-6-3-4-9-19(15)22-20(16)17/h4-5,7,9-13,17H,3,6,8H2,1-2H3. The zero-order valence-corrected chi connectivity index (χ0v) is 13.2. The van der Waals surface area contributed by atoms with Crippen LogP contribution in [-0.4, -0.2) is 4.98 Å². The third-order valence-electron chi connectivity index (χ3n) is 4.74. The van der Waals surface area contributed by atoms with Crippen LogP contribution in [0.25, 0.3) is 12.2 Å². The van der Waals surface area contributed by atoms with E-state index in [1.54, 1.807) is 0 Å². The van der Waals surface area contributed by atoms with Gasteiger partial charge < -0.3 is 4.42 Å². The second-order valence-electron chi connectivity index (χ2n) is 6.52. The van der Waals surface area contributed by atoms with E-state index in [-0.39, 0.29) is 5.92 Å². The van der Waals surface area contributed by atoms with Crippen LogP contribution in [0.3, 0.4) is 0 Å². The summed E-state index contributed by atoms with van der Waals surface area (Å²) < 4.78 is 6.22. The highest BCUT2D eigenvalue weighted by Gasteiger charge is 2.28. The summed E-state index contributed by atoms with van der Waals surface area (Å²) in [6.45, 7) is 4.45. The van der Waals surface area contributed by atoms with Crippen molar-refractivity contribution in [3.05, 3.63) is 64.4 Å². The third kappa shape index (κ3) is 2.14. The molecule has 0 radical (unpaired) electrons. The van der Waals surface area contributed by atoms with Crippen LogP contribution < -0.4 is 0 Å². The van der Waals surface area contributed by atoms with Gasteiger partial charge in [-0.25, -0.2) is 0 Å². The topological polar surface area (TPSA) is 26.0 Å². The predicted molar refractivity (Wildman–Crippen MR) is 89.9 cm³/mol. The summed E-state index contributed by atoms with van der Waals surface area (Å²) >= 11 is 0. The second-order valence-corrected chi connectivity index (χ2v) is 6.52. The molecule has 0 saturated carbocycles.